The third-order valence-corrected chi connectivity index (χ3v) is 7.10. The number of pyridine rings is 1. The molecule has 2 aliphatic rings. The molecule has 10 heteroatoms. The van der Waals surface area contributed by atoms with Crippen molar-refractivity contribution < 1.29 is 14.3 Å². The van der Waals surface area contributed by atoms with Crippen LogP contribution in [-0.2, 0) is 14.3 Å². The fourth-order valence-electron chi connectivity index (χ4n) is 4.92. The van der Waals surface area contributed by atoms with Gasteiger partial charge in [0.15, 0.2) is 0 Å². The molecule has 2 N–H and O–H groups in total. The summed E-state index contributed by atoms with van der Waals surface area (Å²) in [5.74, 6) is -0.186. The van der Waals surface area contributed by atoms with Crippen LogP contribution in [0, 0.1) is 0 Å². The highest BCUT2D eigenvalue weighted by Gasteiger charge is 2.39. The number of piperazine rings is 1. The van der Waals surface area contributed by atoms with Gasteiger partial charge in [-0.1, -0.05) is 11.6 Å². The molecule has 35 heavy (non-hydrogen) atoms. The third kappa shape index (κ3) is 4.99. The van der Waals surface area contributed by atoms with E-state index >= 15 is 0 Å². The number of carbonyl (C=O) groups is 2. The standard InChI is InChI=1S/C25H31ClN6O3/c1-25(2)15-32(13-22(33)31-8-6-30(3)7-9-31)21(14-35-25)24(34)29-19-11-16(26)10-18-17-4-5-27-12-20(17)28-23(18)19/h4-5,10-12,21,28H,6-9,13-15H2,1-3H3,(H,29,34)/t21-/m0/s1. The number of halogens is 1. The van der Waals surface area contributed by atoms with Gasteiger partial charge >= 0.3 is 0 Å². The van der Waals surface area contributed by atoms with Gasteiger partial charge in [0.25, 0.3) is 0 Å². The van der Waals surface area contributed by atoms with Crippen molar-refractivity contribution in [3.63, 3.8) is 0 Å². The molecule has 2 aromatic heterocycles. The Hall–Kier alpha value is -2.72. The van der Waals surface area contributed by atoms with Crippen molar-refractivity contribution in [2.75, 3.05) is 58.2 Å². The molecule has 0 bridgehead atoms. The summed E-state index contributed by atoms with van der Waals surface area (Å²) in [5.41, 5.74) is 1.78. The monoisotopic (exact) mass is 498 g/mol. The van der Waals surface area contributed by atoms with E-state index in [0.717, 1.165) is 34.9 Å². The van der Waals surface area contributed by atoms with Crippen molar-refractivity contribution in [1.82, 2.24) is 24.7 Å². The quantitative estimate of drug-likeness (QED) is 0.574. The first kappa shape index (κ1) is 24.0. The van der Waals surface area contributed by atoms with Crippen LogP contribution in [0.3, 0.4) is 0 Å². The summed E-state index contributed by atoms with van der Waals surface area (Å²) < 4.78 is 5.99. The number of aromatic amines is 1. The maximum absolute atomic E-state index is 13.5. The van der Waals surface area contributed by atoms with Gasteiger partial charge in [0.05, 0.1) is 41.7 Å². The number of rotatable bonds is 4. The number of H-pyrrole nitrogens is 1. The van der Waals surface area contributed by atoms with Crippen LogP contribution in [0.5, 0.6) is 0 Å². The number of hydrogen-bond acceptors (Lipinski definition) is 6. The molecule has 0 spiro atoms. The lowest BCUT2D eigenvalue weighted by Gasteiger charge is -2.43. The molecule has 2 aliphatic heterocycles. The van der Waals surface area contributed by atoms with E-state index in [0.29, 0.717) is 30.3 Å². The van der Waals surface area contributed by atoms with Crippen molar-refractivity contribution in [2.45, 2.75) is 25.5 Å². The average molecular weight is 499 g/mol. The Bertz CT molecular complexity index is 1270. The predicted molar refractivity (Wildman–Crippen MR) is 137 cm³/mol. The van der Waals surface area contributed by atoms with E-state index in [1.165, 1.54) is 0 Å². The fourth-order valence-corrected chi connectivity index (χ4v) is 5.14. The SMILES string of the molecule is CN1CCN(C(=O)CN2CC(C)(C)OC[C@H]2C(=O)Nc2cc(Cl)cc3c2[nH]c2cnccc23)CC1. The number of fused-ring (bicyclic) bond motifs is 3. The van der Waals surface area contributed by atoms with Gasteiger partial charge in [0.2, 0.25) is 11.8 Å². The maximum Gasteiger partial charge on any atom is 0.244 e. The lowest BCUT2D eigenvalue weighted by Crippen LogP contribution is -2.60. The minimum Gasteiger partial charge on any atom is -0.372 e. The predicted octanol–water partition coefficient (Wildman–Crippen LogP) is 2.56. The molecule has 186 valence electrons. The van der Waals surface area contributed by atoms with E-state index in [-0.39, 0.29) is 25.0 Å². The number of carbonyl (C=O) groups excluding carboxylic acids is 2. The van der Waals surface area contributed by atoms with Crippen LogP contribution in [-0.4, -0.2) is 101 Å². The van der Waals surface area contributed by atoms with Gasteiger partial charge in [-0.25, -0.2) is 0 Å². The van der Waals surface area contributed by atoms with Crippen LogP contribution < -0.4 is 5.32 Å². The molecule has 0 unspecified atom stereocenters. The molecule has 0 radical (unpaired) electrons. The van der Waals surface area contributed by atoms with Crippen molar-refractivity contribution in [3.8, 4) is 0 Å². The Balaban J connectivity index is 1.38. The van der Waals surface area contributed by atoms with E-state index in [1.54, 1.807) is 18.5 Å². The summed E-state index contributed by atoms with van der Waals surface area (Å²) in [6, 6.07) is 4.93. The first-order valence-electron chi connectivity index (χ1n) is 11.9. The van der Waals surface area contributed by atoms with E-state index in [4.69, 9.17) is 16.3 Å². The molecular formula is C25H31ClN6O3. The van der Waals surface area contributed by atoms with E-state index in [2.05, 4.69) is 27.2 Å². The highest BCUT2D eigenvalue weighted by atomic mass is 35.5. The summed E-state index contributed by atoms with van der Waals surface area (Å²) in [5, 5.41) is 5.46. The second kappa shape index (κ2) is 9.39. The molecule has 2 fully saturated rings. The summed E-state index contributed by atoms with van der Waals surface area (Å²) >= 11 is 6.41. The van der Waals surface area contributed by atoms with Crippen LogP contribution in [0.15, 0.2) is 30.6 Å². The van der Waals surface area contributed by atoms with Crippen LogP contribution in [0.1, 0.15) is 13.8 Å². The molecule has 0 aliphatic carbocycles. The Morgan fingerprint density at radius 2 is 2.00 bits per heavy atom. The zero-order valence-corrected chi connectivity index (χ0v) is 21.1. The number of aromatic nitrogens is 2. The summed E-state index contributed by atoms with van der Waals surface area (Å²) in [6.07, 6.45) is 3.47. The Morgan fingerprint density at radius 3 is 2.77 bits per heavy atom. The van der Waals surface area contributed by atoms with Crippen LogP contribution in [0.25, 0.3) is 21.8 Å². The molecule has 9 nitrogen and oxygen atoms in total. The number of ether oxygens (including phenoxy) is 1. The lowest BCUT2D eigenvalue weighted by molar-refractivity contribution is -0.150. The number of nitrogens with zero attached hydrogens (tertiary/aromatic N) is 4. The molecule has 2 saturated heterocycles. The minimum absolute atomic E-state index is 0.0434. The summed E-state index contributed by atoms with van der Waals surface area (Å²) in [7, 11) is 2.06. The average Bonchev–Trinajstić information content (AvgIpc) is 3.18. The first-order valence-corrected chi connectivity index (χ1v) is 12.3. The van der Waals surface area contributed by atoms with Gasteiger partial charge in [-0.3, -0.25) is 19.5 Å². The van der Waals surface area contributed by atoms with Gasteiger partial charge < -0.3 is 24.8 Å². The van der Waals surface area contributed by atoms with Gasteiger partial charge in [-0.15, -0.1) is 0 Å². The van der Waals surface area contributed by atoms with Gasteiger partial charge in [0, 0.05) is 54.7 Å². The number of benzene rings is 1. The fraction of sp³-hybridized carbons (Fsp3) is 0.480. The van der Waals surface area contributed by atoms with Crippen molar-refractivity contribution >= 4 is 50.9 Å². The van der Waals surface area contributed by atoms with Crippen LogP contribution in [0.2, 0.25) is 5.02 Å². The minimum atomic E-state index is -0.598. The summed E-state index contributed by atoms with van der Waals surface area (Å²) in [6.45, 7) is 7.94. The van der Waals surface area contributed by atoms with Gasteiger partial charge in [-0.05, 0) is 39.1 Å². The highest BCUT2D eigenvalue weighted by molar-refractivity contribution is 6.33. The number of anilines is 1. The van der Waals surface area contributed by atoms with Crippen molar-refractivity contribution in [2.24, 2.45) is 0 Å². The molecular weight excluding hydrogens is 468 g/mol. The van der Waals surface area contributed by atoms with Gasteiger partial charge in [0.1, 0.15) is 6.04 Å². The zero-order chi connectivity index (χ0) is 24.7. The number of hydrogen-bond donors (Lipinski definition) is 2. The topological polar surface area (TPSA) is 93.8 Å². The van der Waals surface area contributed by atoms with E-state index < -0.39 is 11.6 Å². The van der Waals surface area contributed by atoms with Crippen LogP contribution >= 0.6 is 11.6 Å². The largest absolute Gasteiger partial charge is 0.372 e. The van der Waals surface area contributed by atoms with Crippen molar-refractivity contribution in [3.05, 3.63) is 35.6 Å². The number of likely N-dealkylation sites (N-methyl/N-ethyl adjacent to an activating group) is 1. The lowest BCUT2D eigenvalue weighted by atomic mass is 10.0. The Kier molecular flexibility index (Phi) is 6.43. The van der Waals surface area contributed by atoms with E-state index in [1.807, 2.05) is 35.8 Å². The smallest absolute Gasteiger partial charge is 0.244 e. The van der Waals surface area contributed by atoms with Gasteiger partial charge in [-0.2, -0.15) is 0 Å². The number of amides is 2. The first-order chi connectivity index (χ1) is 16.7. The van der Waals surface area contributed by atoms with Crippen LogP contribution in [0.4, 0.5) is 5.69 Å². The number of morpholine rings is 1. The van der Waals surface area contributed by atoms with E-state index in [9.17, 15) is 9.59 Å². The molecule has 1 aromatic carbocycles. The second-order valence-electron chi connectivity index (χ2n) is 10.1. The van der Waals surface area contributed by atoms with Crippen molar-refractivity contribution in [1.29, 1.82) is 0 Å². The highest BCUT2D eigenvalue weighted by Crippen LogP contribution is 2.33. The molecule has 3 aromatic rings. The normalized spacial score (nSPS) is 21.5. The summed E-state index contributed by atoms with van der Waals surface area (Å²) in [4.78, 5) is 40.2. The maximum atomic E-state index is 13.5. The third-order valence-electron chi connectivity index (χ3n) is 6.89. The molecule has 5 rings (SSSR count). The molecule has 0 saturated carbocycles. The second-order valence-corrected chi connectivity index (χ2v) is 10.5. The molecule has 4 heterocycles. The zero-order valence-electron chi connectivity index (χ0n) is 20.3. The Morgan fingerprint density at radius 1 is 1.23 bits per heavy atom. The molecule has 1 atom stereocenters. The molecule has 2 amide bonds. The number of nitrogens with one attached hydrogen (secondary N) is 2. The Labute approximate surface area is 209 Å².